The van der Waals surface area contributed by atoms with Crippen molar-refractivity contribution in [3.05, 3.63) is 11.3 Å². The lowest BCUT2D eigenvalue weighted by molar-refractivity contribution is -0.105. The van der Waals surface area contributed by atoms with Gasteiger partial charge >= 0.3 is 0 Å². The minimum absolute atomic E-state index is 0.236. The van der Waals surface area contributed by atoms with Crippen LogP contribution in [0.3, 0.4) is 0 Å². The fraction of sp³-hybridized carbons (Fsp3) is 0.700. The molecule has 70 valence electrons. The molecule has 0 heterocycles. The van der Waals surface area contributed by atoms with Crippen LogP contribution in [0.4, 0.5) is 0 Å². The van der Waals surface area contributed by atoms with Gasteiger partial charge in [-0.15, -0.1) is 0 Å². The normalized spacial score (nSPS) is 13.2. The molecule has 0 amide bonds. The third-order valence-corrected chi connectivity index (χ3v) is 1.78. The topological polar surface area (TPSA) is 26.3 Å². The van der Waals surface area contributed by atoms with Crippen molar-refractivity contribution in [3.8, 4) is 0 Å². The van der Waals surface area contributed by atoms with Crippen molar-refractivity contribution in [1.82, 2.24) is 0 Å². The van der Waals surface area contributed by atoms with Crippen molar-refractivity contribution in [2.45, 2.75) is 27.7 Å². The third kappa shape index (κ3) is 2.68. The Hall–Kier alpha value is -0.790. The number of hydrogen-bond acceptors (Lipinski definition) is 2. The highest BCUT2D eigenvalue weighted by atomic mass is 16.5. The average Bonchev–Trinajstić information content (AvgIpc) is 1.98. The first-order valence-electron chi connectivity index (χ1n) is 4.27. The summed E-state index contributed by atoms with van der Waals surface area (Å²) in [5, 5.41) is 0. The summed E-state index contributed by atoms with van der Waals surface area (Å²) in [6.07, 6.45) is 0.892. The first-order valence-corrected chi connectivity index (χ1v) is 4.27. The molecule has 0 radical (unpaired) electrons. The van der Waals surface area contributed by atoms with Crippen molar-refractivity contribution in [2.24, 2.45) is 11.8 Å². The van der Waals surface area contributed by atoms with Crippen LogP contribution in [0.25, 0.3) is 0 Å². The molecule has 0 N–H and O–H groups in total. The SMILES string of the molecule is CO/C(=C(\C=O)C(C)C)C(C)C. The summed E-state index contributed by atoms with van der Waals surface area (Å²) in [4.78, 5) is 10.7. The molecule has 0 saturated heterocycles. The van der Waals surface area contributed by atoms with Gasteiger partial charge in [-0.25, -0.2) is 0 Å². The number of allylic oxidation sites excluding steroid dienone is 2. The van der Waals surface area contributed by atoms with E-state index in [0.717, 1.165) is 17.6 Å². The summed E-state index contributed by atoms with van der Waals surface area (Å²) in [6, 6.07) is 0. The van der Waals surface area contributed by atoms with Crippen LogP contribution in [0.1, 0.15) is 27.7 Å². The third-order valence-electron chi connectivity index (χ3n) is 1.78. The van der Waals surface area contributed by atoms with E-state index in [1.165, 1.54) is 0 Å². The Labute approximate surface area is 74.6 Å². The largest absolute Gasteiger partial charge is 0.500 e. The second kappa shape index (κ2) is 4.96. The first-order chi connectivity index (χ1) is 5.54. The predicted octanol–water partition coefficient (Wildman–Crippen LogP) is 2.40. The zero-order valence-electron chi connectivity index (χ0n) is 8.55. The summed E-state index contributed by atoms with van der Waals surface area (Å²) in [5.41, 5.74) is 0.771. The molecule has 0 aliphatic heterocycles. The molecule has 12 heavy (non-hydrogen) atoms. The molecular formula is C10H18O2. The van der Waals surface area contributed by atoms with Gasteiger partial charge in [0.2, 0.25) is 0 Å². The quantitative estimate of drug-likeness (QED) is 0.368. The van der Waals surface area contributed by atoms with E-state index >= 15 is 0 Å². The van der Waals surface area contributed by atoms with Crippen LogP contribution in [0.15, 0.2) is 11.3 Å². The summed E-state index contributed by atoms with van der Waals surface area (Å²) in [6.45, 7) is 8.02. The summed E-state index contributed by atoms with van der Waals surface area (Å²) >= 11 is 0. The van der Waals surface area contributed by atoms with E-state index in [4.69, 9.17) is 4.74 Å². The standard InChI is InChI=1S/C10H18O2/c1-7(2)9(6-11)10(12-5)8(3)4/h6-8H,1-5H3/b10-9+. The van der Waals surface area contributed by atoms with E-state index in [1.54, 1.807) is 7.11 Å². The van der Waals surface area contributed by atoms with E-state index in [-0.39, 0.29) is 11.8 Å². The number of aldehydes is 1. The molecule has 0 rings (SSSR count). The maximum Gasteiger partial charge on any atom is 0.149 e. The molecule has 0 aromatic carbocycles. The van der Waals surface area contributed by atoms with E-state index in [0.29, 0.717) is 0 Å². The highest BCUT2D eigenvalue weighted by molar-refractivity contribution is 5.74. The summed E-state index contributed by atoms with van der Waals surface area (Å²) in [5.74, 6) is 1.32. The molecular weight excluding hydrogens is 152 g/mol. The van der Waals surface area contributed by atoms with Gasteiger partial charge in [0.05, 0.1) is 7.11 Å². The van der Waals surface area contributed by atoms with Gasteiger partial charge in [0.15, 0.2) is 0 Å². The lowest BCUT2D eigenvalue weighted by Gasteiger charge is -2.15. The molecule has 0 aromatic heterocycles. The van der Waals surface area contributed by atoms with Gasteiger partial charge in [-0.2, -0.15) is 0 Å². The Morgan fingerprint density at radius 1 is 1.17 bits per heavy atom. The Kier molecular flexibility index (Phi) is 4.64. The molecule has 2 nitrogen and oxygen atoms in total. The van der Waals surface area contributed by atoms with Crippen molar-refractivity contribution in [1.29, 1.82) is 0 Å². The molecule has 0 aromatic rings. The Balaban J connectivity index is 4.87. The lowest BCUT2D eigenvalue weighted by Crippen LogP contribution is -2.07. The number of methoxy groups -OCH3 is 1. The predicted molar refractivity (Wildman–Crippen MR) is 49.8 cm³/mol. The summed E-state index contributed by atoms with van der Waals surface area (Å²) in [7, 11) is 1.61. The minimum Gasteiger partial charge on any atom is -0.500 e. The molecule has 0 atom stereocenters. The van der Waals surface area contributed by atoms with E-state index in [1.807, 2.05) is 27.7 Å². The van der Waals surface area contributed by atoms with Crippen LogP contribution in [0.2, 0.25) is 0 Å². The number of hydrogen-bond donors (Lipinski definition) is 0. The van der Waals surface area contributed by atoms with Crippen LogP contribution < -0.4 is 0 Å². The van der Waals surface area contributed by atoms with Crippen LogP contribution in [0, 0.1) is 11.8 Å². The van der Waals surface area contributed by atoms with Crippen molar-refractivity contribution in [3.63, 3.8) is 0 Å². The smallest absolute Gasteiger partial charge is 0.149 e. The number of carbonyl (C=O) groups is 1. The average molecular weight is 170 g/mol. The maximum absolute atomic E-state index is 10.7. The molecule has 0 spiro atoms. The minimum atomic E-state index is 0.236. The molecule has 0 saturated carbocycles. The van der Waals surface area contributed by atoms with Gasteiger partial charge in [-0.3, -0.25) is 4.79 Å². The number of ether oxygens (including phenoxy) is 1. The maximum atomic E-state index is 10.7. The highest BCUT2D eigenvalue weighted by Gasteiger charge is 2.13. The lowest BCUT2D eigenvalue weighted by atomic mass is 9.98. The van der Waals surface area contributed by atoms with Gasteiger partial charge in [0.25, 0.3) is 0 Å². The van der Waals surface area contributed by atoms with E-state index < -0.39 is 0 Å². The van der Waals surface area contributed by atoms with Gasteiger partial charge in [-0.05, 0) is 5.92 Å². The van der Waals surface area contributed by atoms with Crippen molar-refractivity contribution in [2.75, 3.05) is 7.11 Å². The zero-order chi connectivity index (χ0) is 9.72. The number of carbonyl (C=O) groups excluding carboxylic acids is 1. The van der Waals surface area contributed by atoms with Crippen LogP contribution in [0.5, 0.6) is 0 Å². The Morgan fingerprint density at radius 3 is 1.75 bits per heavy atom. The van der Waals surface area contributed by atoms with Crippen molar-refractivity contribution < 1.29 is 9.53 Å². The van der Waals surface area contributed by atoms with Crippen molar-refractivity contribution >= 4 is 6.29 Å². The molecule has 0 unspecified atom stereocenters. The van der Waals surface area contributed by atoms with E-state index in [9.17, 15) is 4.79 Å². The second-order valence-corrected chi connectivity index (χ2v) is 3.45. The van der Waals surface area contributed by atoms with E-state index in [2.05, 4.69) is 0 Å². The monoisotopic (exact) mass is 170 g/mol. The Morgan fingerprint density at radius 2 is 1.67 bits per heavy atom. The van der Waals surface area contributed by atoms with Gasteiger partial charge in [0.1, 0.15) is 12.0 Å². The van der Waals surface area contributed by atoms with Crippen LogP contribution in [-0.4, -0.2) is 13.4 Å². The molecule has 0 bridgehead atoms. The summed E-state index contributed by atoms with van der Waals surface area (Å²) < 4.78 is 5.17. The van der Waals surface area contributed by atoms with Crippen LogP contribution >= 0.6 is 0 Å². The van der Waals surface area contributed by atoms with Crippen LogP contribution in [-0.2, 0) is 9.53 Å². The van der Waals surface area contributed by atoms with Gasteiger partial charge in [0, 0.05) is 11.5 Å². The Bertz CT molecular complexity index is 178. The zero-order valence-corrected chi connectivity index (χ0v) is 8.55. The fourth-order valence-corrected chi connectivity index (χ4v) is 1.17. The molecule has 0 fully saturated rings. The second-order valence-electron chi connectivity index (χ2n) is 3.45. The first kappa shape index (κ1) is 11.2. The highest BCUT2D eigenvalue weighted by Crippen LogP contribution is 2.19. The molecule has 0 aliphatic carbocycles. The van der Waals surface area contributed by atoms with Gasteiger partial charge < -0.3 is 4.74 Å². The van der Waals surface area contributed by atoms with Gasteiger partial charge in [-0.1, -0.05) is 27.7 Å². The molecule has 0 aliphatic rings. The number of rotatable bonds is 4. The molecule has 2 heteroatoms. The fourth-order valence-electron chi connectivity index (χ4n) is 1.17.